The Morgan fingerprint density at radius 1 is 1.10 bits per heavy atom. The third-order valence-corrected chi connectivity index (χ3v) is 4.90. The maximum Gasteiger partial charge on any atom is 0.237 e. The zero-order valence-electron chi connectivity index (χ0n) is 12.1. The number of rotatable bonds is 3. The molecule has 1 aromatic carbocycles. The summed E-state index contributed by atoms with van der Waals surface area (Å²) in [5.41, 5.74) is 0.234. The van der Waals surface area contributed by atoms with Gasteiger partial charge in [0.15, 0.2) is 0 Å². The topological polar surface area (TPSA) is 57.6 Å². The van der Waals surface area contributed by atoms with Crippen LogP contribution in [0.3, 0.4) is 0 Å². The quantitative estimate of drug-likeness (QED) is 0.867. The van der Waals surface area contributed by atoms with Crippen LogP contribution in [0.2, 0.25) is 0 Å². The number of aliphatic hydroxyl groups is 1. The van der Waals surface area contributed by atoms with Gasteiger partial charge in [0.2, 0.25) is 11.8 Å². The number of aliphatic hydroxyl groups excluding tert-OH is 1. The van der Waals surface area contributed by atoms with Crippen LogP contribution in [0.25, 0.3) is 0 Å². The van der Waals surface area contributed by atoms with Crippen molar-refractivity contribution in [3.05, 3.63) is 35.9 Å². The fourth-order valence-corrected chi connectivity index (χ4v) is 3.74. The van der Waals surface area contributed by atoms with E-state index in [1.54, 1.807) is 0 Å². The van der Waals surface area contributed by atoms with Crippen LogP contribution in [0, 0.1) is 0 Å². The average Bonchev–Trinajstić information content (AvgIpc) is 2.84. The van der Waals surface area contributed by atoms with Gasteiger partial charge in [-0.05, 0) is 18.4 Å². The Labute approximate surface area is 124 Å². The highest BCUT2D eigenvalue weighted by atomic mass is 16.3. The predicted octanol–water partition coefficient (Wildman–Crippen LogP) is 2.22. The van der Waals surface area contributed by atoms with Gasteiger partial charge in [0.1, 0.15) is 0 Å². The van der Waals surface area contributed by atoms with E-state index < -0.39 is 5.54 Å². The van der Waals surface area contributed by atoms with Crippen LogP contribution in [0.4, 0.5) is 0 Å². The van der Waals surface area contributed by atoms with Crippen LogP contribution in [0.5, 0.6) is 0 Å². The van der Waals surface area contributed by atoms with E-state index in [-0.39, 0.29) is 30.8 Å². The molecule has 1 aromatic rings. The molecule has 1 saturated heterocycles. The molecule has 2 amide bonds. The first kappa shape index (κ1) is 14.3. The minimum absolute atomic E-state index is 0.119. The molecule has 4 heteroatoms. The Hall–Kier alpha value is -1.68. The molecule has 21 heavy (non-hydrogen) atoms. The molecule has 0 spiro atoms. The molecule has 2 fully saturated rings. The predicted molar refractivity (Wildman–Crippen MR) is 78.6 cm³/mol. The first-order valence-electron chi connectivity index (χ1n) is 7.71. The van der Waals surface area contributed by atoms with Gasteiger partial charge < -0.3 is 5.11 Å². The first-order valence-corrected chi connectivity index (χ1v) is 7.71. The molecule has 3 rings (SSSR count). The number of hydrogen-bond donors (Lipinski definition) is 1. The standard InChI is InChI=1S/C17H21NO3/c19-12-17(9-5-2-6-10-17)18-15(20)11-14(16(18)21)13-7-3-1-4-8-13/h1,3-4,7-8,14,19H,2,5-6,9-12H2. The molecule has 2 aliphatic rings. The third-order valence-electron chi connectivity index (χ3n) is 4.90. The van der Waals surface area contributed by atoms with Crippen molar-refractivity contribution < 1.29 is 14.7 Å². The van der Waals surface area contributed by atoms with E-state index in [0.717, 1.165) is 37.7 Å². The number of carbonyl (C=O) groups is 2. The second kappa shape index (κ2) is 5.60. The van der Waals surface area contributed by atoms with Gasteiger partial charge in [-0.2, -0.15) is 0 Å². The average molecular weight is 287 g/mol. The van der Waals surface area contributed by atoms with E-state index in [2.05, 4.69) is 0 Å². The van der Waals surface area contributed by atoms with Crippen LogP contribution in [-0.2, 0) is 9.59 Å². The van der Waals surface area contributed by atoms with Crippen LogP contribution >= 0.6 is 0 Å². The van der Waals surface area contributed by atoms with Gasteiger partial charge in [-0.3, -0.25) is 14.5 Å². The molecular formula is C17H21NO3. The minimum atomic E-state index is -0.657. The lowest BCUT2D eigenvalue weighted by Gasteiger charge is -2.42. The van der Waals surface area contributed by atoms with Gasteiger partial charge in [0, 0.05) is 6.42 Å². The molecule has 1 saturated carbocycles. The molecular weight excluding hydrogens is 266 g/mol. The van der Waals surface area contributed by atoms with E-state index in [9.17, 15) is 14.7 Å². The Balaban J connectivity index is 1.90. The van der Waals surface area contributed by atoms with Crippen LogP contribution in [0.15, 0.2) is 30.3 Å². The van der Waals surface area contributed by atoms with Crippen molar-refractivity contribution in [3.8, 4) is 0 Å². The van der Waals surface area contributed by atoms with Crippen LogP contribution < -0.4 is 0 Å². The Morgan fingerprint density at radius 3 is 2.38 bits per heavy atom. The van der Waals surface area contributed by atoms with E-state index in [1.807, 2.05) is 30.3 Å². The van der Waals surface area contributed by atoms with Gasteiger partial charge in [0.05, 0.1) is 18.1 Å². The van der Waals surface area contributed by atoms with Gasteiger partial charge in [0.25, 0.3) is 0 Å². The lowest BCUT2D eigenvalue weighted by Crippen LogP contribution is -2.55. The largest absolute Gasteiger partial charge is 0.394 e. The van der Waals surface area contributed by atoms with Gasteiger partial charge >= 0.3 is 0 Å². The summed E-state index contributed by atoms with van der Waals surface area (Å²) in [6, 6.07) is 9.47. The molecule has 0 radical (unpaired) electrons. The first-order chi connectivity index (χ1) is 10.2. The molecule has 4 nitrogen and oxygen atoms in total. The molecule has 1 unspecified atom stereocenters. The number of carbonyl (C=O) groups excluding carboxylic acids is 2. The van der Waals surface area contributed by atoms with E-state index >= 15 is 0 Å². The fraction of sp³-hybridized carbons (Fsp3) is 0.529. The zero-order valence-corrected chi connectivity index (χ0v) is 12.1. The SMILES string of the molecule is O=C1CC(c2ccccc2)C(=O)N1C1(CO)CCCCC1. The lowest BCUT2D eigenvalue weighted by atomic mass is 9.81. The maximum atomic E-state index is 12.8. The number of imide groups is 1. The Morgan fingerprint density at radius 2 is 1.76 bits per heavy atom. The summed E-state index contributed by atoms with van der Waals surface area (Å²) < 4.78 is 0. The van der Waals surface area contributed by atoms with Gasteiger partial charge in [-0.15, -0.1) is 0 Å². The third kappa shape index (κ3) is 2.38. The molecule has 0 aromatic heterocycles. The van der Waals surface area contributed by atoms with Crippen LogP contribution in [0.1, 0.15) is 50.0 Å². The van der Waals surface area contributed by atoms with Crippen molar-refractivity contribution in [1.29, 1.82) is 0 Å². The molecule has 1 N–H and O–H groups in total. The molecule has 112 valence electrons. The summed E-state index contributed by atoms with van der Waals surface area (Å²) in [5, 5.41) is 9.85. The summed E-state index contributed by atoms with van der Waals surface area (Å²) >= 11 is 0. The summed E-state index contributed by atoms with van der Waals surface area (Å²) in [6.45, 7) is -0.119. The van der Waals surface area contributed by atoms with E-state index in [4.69, 9.17) is 0 Å². The second-order valence-electron chi connectivity index (χ2n) is 6.18. The number of benzene rings is 1. The van der Waals surface area contributed by atoms with Gasteiger partial charge in [-0.1, -0.05) is 49.6 Å². The van der Waals surface area contributed by atoms with Crippen LogP contribution in [-0.4, -0.2) is 34.0 Å². The molecule has 1 heterocycles. The highest BCUT2D eigenvalue weighted by Gasteiger charge is 2.50. The monoisotopic (exact) mass is 287 g/mol. The molecule has 0 bridgehead atoms. The molecule has 1 aliphatic carbocycles. The van der Waals surface area contributed by atoms with E-state index in [1.165, 1.54) is 4.90 Å². The van der Waals surface area contributed by atoms with Gasteiger partial charge in [-0.25, -0.2) is 0 Å². The second-order valence-corrected chi connectivity index (χ2v) is 6.18. The van der Waals surface area contributed by atoms with E-state index in [0.29, 0.717) is 0 Å². The minimum Gasteiger partial charge on any atom is -0.394 e. The van der Waals surface area contributed by atoms with Crippen molar-refractivity contribution in [2.75, 3.05) is 6.61 Å². The number of amides is 2. The van der Waals surface area contributed by atoms with Crippen molar-refractivity contribution in [2.45, 2.75) is 50.0 Å². The molecule has 1 aliphatic heterocycles. The highest BCUT2D eigenvalue weighted by molar-refractivity contribution is 6.07. The maximum absolute atomic E-state index is 12.8. The molecule has 1 atom stereocenters. The van der Waals surface area contributed by atoms with Crippen molar-refractivity contribution >= 4 is 11.8 Å². The summed E-state index contributed by atoms with van der Waals surface area (Å²) in [4.78, 5) is 26.6. The summed E-state index contributed by atoms with van der Waals surface area (Å²) in [5.74, 6) is -0.656. The highest BCUT2D eigenvalue weighted by Crippen LogP contribution is 2.40. The lowest BCUT2D eigenvalue weighted by molar-refractivity contribution is -0.150. The van der Waals surface area contributed by atoms with Crippen molar-refractivity contribution in [3.63, 3.8) is 0 Å². The Bertz CT molecular complexity index is 534. The smallest absolute Gasteiger partial charge is 0.237 e. The number of likely N-dealkylation sites (tertiary alicyclic amines) is 1. The Kier molecular flexibility index (Phi) is 3.81. The van der Waals surface area contributed by atoms with Crippen molar-refractivity contribution in [1.82, 2.24) is 4.90 Å². The fourth-order valence-electron chi connectivity index (χ4n) is 3.74. The number of nitrogens with zero attached hydrogens (tertiary/aromatic N) is 1. The normalized spacial score (nSPS) is 25.4. The summed E-state index contributed by atoms with van der Waals surface area (Å²) in [7, 11) is 0. The van der Waals surface area contributed by atoms with Crippen molar-refractivity contribution in [2.24, 2.45) is 0 Å². The zero-order chi connectivity index (χ0) is 14.9. The number of hydrogen-bond acceptors (Lipinski definition) is 3. The summed E-state index contributed by atoms with van der Waals surface area (Å²) in [6.07, 6.45) is 4.72.